The normalized spacial score (nSPS) is 20.0. The van der Waals surface area contributed by atoms with Gasteiger partial charge in [0.15, 0.2) is 0 Å². The fourth-order valence-corrected chi connectivity index (χ4v) is 3.22. The van der Waals surface area contributed by atoms with E-state index in [1.54, 1.807) is 12.5 Å². The zero-order valence-corrected chi connectivity index (χ0v) is 13.0. The number of halogens is 1. The Morgan fingerprint density at radius 1 is 1.38 bits per heavy atom. The predicted molar refractivity (Wildman–Crippen MR) is 84.1 cm³/mol. The van der Waals surface area contributed by atoms with Gasteiger partial charge in [-0.05, 0) is 37.0 Å². The molecule has 1 amide bonds. The maximum Gasteiger partial charge on any atom is 0.338 e. The highest BCUT2D eigenvalue weighted by Crippen LogP contribution is 2.29. The molecule has 6 nitrogen and oxygen atoms in total. The Morgan fingerprint density at radius 3 is 2.88 bits per heavy atom. The Morgan fingerprint density at radius 2 is 2.21 bits per heavy atom. The first kappa shape index (κ1) is 16.2. The van der Waals surface area contributed by atoms with Crippen molar-refractivity contribution in [2.45, 2.75) is 37.8 Å². The molecule has 0 unspecified atom stereocenters. The molecule has 2 aromatic rings. The third-order valence-corrected chi connectivity index (χ3v) is 4.36. The van der Waals surface area contributed by atoms with Crippen LogP contribution in [0.15, 0.2) is 36.9 Å². The van der Waals surface area contributed by atoms with Crippen LogP contribution in [-0.2, 0) is 11.2 Å². The summed E-state index contributed by atoms with van der Waals surface area (Å²) in [5, 5.41) is 11.8. The highest BCUT2D eigenvalue weighted by molar-refractivity contribution is 5.88. The molecule has 0 bridgehead atoms. The molecule has 0 saturated heterocycles. The van der Waals surface area contributed by atoms with Gasteiger partial charge in [0.05, 0.1) is 24.4 Å². The average Bonchev–Trinajstić information content (AvgIpc) is 3.17. The van der Waals surface area contributed by atoms with Crippen LogP contribution in [0.4, 0.5) is 4.39 Å². The maximum atomic E-state index is 13.7. The molecule has 2 N–H and O–H groups in total. The van der Waals surface area contributed by atoms with Crippen LogP contribution in [0.3, 0.4) is 0 Å². The molecule has 3 rings (SSSR count). The highest BCUT2D eigenvalue weighted by atomic mass is 19.1. The van der Waals surface area contributed by atoms with E-state index in [9.17, 15) is 14.0 Å². The van der Waals surface area contributed by atoms with Crippen LogP contribution in [0, 0.1) is 5.82 Å². The van der Waals surface area contributed by atoms with E-state index >= 15 is 0 Å². The van der Waals surface area contributed by atoms with Crippen molar-refractivity contribution < 1.29 is 19.1 Å². The summed E-state index contributed by atoms with van der Waals surface area (Å²) in [6, 6.07) is 3.96. The number of carboxylic acid groups (broad SMARTS) is 1. The fraction of sp³-hybridized carbons (Fsp3) is 0.353. The molecule has 126 valence electrons. The molecular formula is C17H18FN3O3. The quantitative estimate of drug-likeness (QED) is 0.879. The molecule has 1 aliphatic carbocycles. The molecule has 1 fully saturated rings. The number of carboxylic acids is 1. The van der Waals surface area contributed by atoms with Gasteiger partial charge in [0.2, 0.25) is 5.91 Å². The molecule has 1 heterocycles. The molecule has 1 aromatic carbocycles. The minimum Gasteiger partial charge on any atom is -0.478 e. The third kappa shape index (κ3) is 3.45. The van der Waals surface area contributed by atoms with E-state index in [1.165, 1.54) is 12.1 Å². The molecule has 0 radical (unpaired) electrons. The van der Waals surface area contributed by atoms with Crippen molar-refractivity contribution >= 4 is 11.9 Å². The monoisotopic (exact) mass is 331 g/mol. The summed E-state index contributed by atoms with van der Waals surface area (Å²) in [6.45, 7) is 0. The highest BCUT2D eigenvalue weighted by Gasteiger charge is 2.29. The van der Waals surface area contributed by atoms with Crippen LogP contribution >= 0.6 is 0 Å². The number of amides is 1. The zero-order valence-electron chi connectivity index (χ0n) is 13.0. The Hall–Kier alpha value is -2.70. The van der Waals surface area contributed by atoms with Gasteiger partial charge in [-0.2, -0.15) is 0 Å². The fourth-order valence-electron chi connectivity index (χ4n) is 3.22. The summed E-state index contributed by atoms with van der Waals surface area (Å²) in [5.41, 5.74) is 0.0577. The second-order valence-electron chi connectivity index (χ2n) is 5.98. The lowest BCUT2D eigenvalue weighted by atomic mass is 10.1. The first-order chi connectivity index (χ1) is 11.5. The van der Waals surface area contributed by atoms with Crippen molar-refractivity contribution in [2.24, 2.45) is 0 Å². The number of benzene rings is 1. The molecule has 7 heteroatoms. The van der Waals surface area contributed by atoms with E-state index in [-0.39, 0.29) is 24.4 Å². The van der Waals surface area contributed by atoms with Gasteiger partial charge in [-0.3, -0.25) is 4.79 Å². The minimum absolute atomic E-state index is 0.0178. The maximum absolute atomic E-state index is 13.7. The van der Waals surface area contributed by atoms with E-state index in [0.29, 0.717) is 5.56 Å². The van der Waals surface area contributed by atoms with Gasteiger partial charge in [-0.1, -0.05) is 6.07 Å². The van der Waals surface area contributed by atoms with Crippen LogP contribution in [-0.4, -0.2) is 32.6 Å². The lowest BCUT2D eigenvalue weighted by molar-refractivity contribution is -0.121. The summed E-state index contributed by atoms with van der Waals surface area (Å²) < 4.78 is 15.7. The summed E-state index contributed by atoms with van der Waals surface area (Å²) in [4.78, 5) is 27.1. The molecule has 0 spiro atoms. The van der Waals surface area contributed by atoms with Crippen molar-refractivity contribution in [1.29, 1.82) is 0 Å². The largest absolute Gasteiger partial charge is 0.478 e. The molecular weight excluding hydrogens is 313 g/mol. The zero-order chi connectivity index (χ0) is 17.1. The van der Waals surface area contributed by atoms with Crippen LogP contribution in [0.1, 0.15) is 41.2 Å². The number of aromatic nitrogens is 2. The second kappa shape index (κ2) is 6.82. The van der Waals surface area contributed by atoms with Gasteiger partial charge in [0, 0.05) is 18.4 Å². The number of hydrogen-bond donors (Lipinski definition) is 2. The Kier molecular flexibility index (Phi) is 4.59. The van der Waals surface area contributed by atoms with E-state index in [0.717, 1.165) is 25.3 Å². The van der Waals surface area contributed by atoms with Crippen LogP contribution in [0.5, 0.6) is 0 Å². The molecule has 2 atom stereocenters. The lowest BCUT2D eigenvalue weighted by Gasteiger charge is -2.22. The summed E-state index contributed by atoms with van der Waals surface area (Å²) in [6.07, 6.45) is 8.25. The first-order valence-corrected chi connectivity index (χ1v) is 7.83. The number of hydrogen-bond acceptors (Lipinski definition) is 3. The number of aromatic carboxylic acids is 1. The van der Waals surface area contributed by atoms with E-state index < -0.39 is 17.3 Å². The van der Waals surface area contributed by atoms with Gasteiger partial charge in [0.25, 0.3) is 0 Å². The molecule has 24 heavy (non-hydrogen) atoms. The lowest BCUT2D eigenvalue weighted by Crippen LogP contribution is -2.38. The number of carbonyl (C=O) groups excluding carboxylic acids is 1. The van der Waals surface area contributed by atoms with Crippen molar-refractivity contribution in [3.8, 4) is 0 Å². The molecule has 1 aliphatic rings. The Balaban J connectivity index is 1.63. The van der Waals surface area contributed by atoms with E-state index in [4.69, 9.17) is 5.11 Å². The van der Waals surface area contributed by atoms with E-state index in [1.807, 2.05) is 10.8 Å². The van der Waals surface area contributed by atoms with Crippen LogP contribution in [0.2, 0.25) is 0 Å². The Bertz CT molecular complexity index is 746. The van der Waals surface area contributed by atoms with Gasteiger partial charge in [0.1, 0.15) is 5.82 Å². The topological polar surface area (TPSA) is 84.2 Å². The van der Waals surface area contributed by atoms with Gasteiger partial charge < -0.3 is 15.0 Å². The number of rotatable bonds is 5. The molecule has 1 aromatic heterocycles. The number of imidazole rings is 1. The van der Waals surface area contributed by atoms with Crippen molar-refractivity contribution in [3.05, 3.63) is 53.9 Å². The Labute approximate surface area is 138 Å². The van der Waals surface area contributed by atoms with Gasteiger partial charge in [-0.15, -0.1) is 0 Å². The standard InChI is InChI=1S/C17H18FN3O3/c18-13-8-11(4-5-12(13)17(23)24)9-16(22)20-14-2-1-3-15(14)21-7-6-19-10-21/h4-8,10,14-15H,1-3,9H2,(H,20,22)(H,23,24)/t14-,15+/m1/s1. The van der Waals surface area contributed by atoms with Crippen molar-refractivity contribution in [2.75, 3.05) is 0 Å². The van der Waals surface area contributed by atoms with Crippen LogP contribution in [0.25, 0.3) is 0 Å². The summed E-state index contributed by atoms with van der Waals surface area (Å²) >= 11 is 0. The number of nitrogens with one attached hydrogen (secondary N) is 1. The third-order valence-electron chi connectivity index (χ3n) is 4.36. The van der Waals surface area contributed by atoms with Crippen molar-refractivity contribution in [1.82, 2.24) is 14.9 Å². The SMILES string of the molecule is O=C(Cc1ccc(C(=O)O)c(F)c1)N[C@@H]1CCC[C@@H]1n1ccnc1. The van der Waals surface area contributed by atoms with E-state index in [2.05, 4.69) is 10.3 Å². The number of nitrogens with zero attached hydrogens (tertiary/aromatic N) is 2. The van der Waals surface area contributed by atoms with Gasteiger partial charge in [-0.25, -0.2) is 14.2 Å². The number of carbonyl (C=O) groups is 2. The van der Waals surface area contributed by atoms with Crippen LogP contribution < -0.4 is 5.32 Å². The minimum atomic E-state index is -1.32. The first-order valence-electron chi connectivity index (χ1n) is 7.83. The summed E-state index contributed by atoms with van der Waals surface area (Å²) in [7, 11) is 0. The van der Waals surface area contributed by atoms with Crippen molar-refractivity contribution in [3.63, 3.8) is 0 Å². The molecule has 1 saturated carbocycles. The van der Waals surface area contributed by atoms with Gasteiger partial charge >= 0.3 is 5.97 Å². The predicted octanol–water partition coefficient (Wildman–Crippen LogP) is 2.17. The average molecular weight is 331 g/mol. The second-order valence-corrected chi connectivity index (χ2v) is 5.98. The summed E-state index contributed by atoms with van der Waals surface area (Å²) in [5.74, 6) is -2.35. The molecule has 0 aliphatic heterocycles. The smallest absolute Gasteiger partial charge is 0.338 e.